The van der Waals surface area contributed by atoms with Crippen LogP contribution in [-0.2, 0) is 5.41 Å². The summed E-state index contributed by atoms with van der Waals surface area (Å²) in [6.45, 7) is 0. The summed E-state index contributed by atoms with van der Waals surface area (Å²) < 4.78 is 37.0. The minimum absolute atomic E-state index is 0.210. The van der Waals surface area contributed by atoms with E-state index in [1.807, 2.05) is 30.3 Å². The molecule has 1 N–H and O–H groups in total. The van der Waals surface area contributed by atoms with Crippen molar-refractivity contribution in [3.63, 3.8) is 0 Å². The molecule has 1 fully saturated rings. The van der Waals surface area contributed by atoms with Gasteiger partial charge in [-0.3, -0.25) is 0 Å². The Hall–Kier alpha value is -1.03. The van der Waals surface area contributed by atoms with Crippen LogP contribution in [0.4, 0.5) is 13.2 Å². The van der Waals surface area contributed by atoms with E-state index in [2.05, 4.69) is 0 Å². The largest absolute Gasteiger partial charge is 0.392 e. The zero-order chi connectivity index (χ0) is 13.9. The molecule has 1 aliphatic rings. The van der Waals surface area contributed by atoms with E-state index in [9.17, 15) is 18.3 Å². The SMILES string of the molecule is OC(CCC(F)(F)F)C1(c2ccccc2)CCCC1. The van der Waals surface area contributed by atoms with Crippen LogP contribution in [0, 0.1) is 0 Å². The zero-order valence-electron chi connectivity index (χ0n) is 10.8. The second-order valence-corrected chi connectivity index (χ2v) is 5.40. The third-order valence-corrected chi connectivity index (χ3v) is 4.18. The summed E-state index contributed by atoms with van der Waals surface area (Å²) in [5, 5.41) is 10.3. The summed E-state index contributed by atoms with van der Waals surface area (Å²) in [6, 6.07) is 9.48. The van der Waals surface area contributed by atoms with Crippen LogP contribution >= 0.6 is 0 Å². The number of benzene rings is 1. The van der Waals surface area contributed by atoms with Gasteiger partial charge in [-0.1, -0.05) is 43.2 Å². The minimum atomic E-state index is -4.20. The highest BCUT2D eigenvalue weighted by atomic mass is 19.4. The number of alkyl halides is 3. The fourth-order valence-electron chi connectivity index (χ4n) is 3.17. The maximum Gasteiger partial charge on any atom is 0.389 e. The van der Waals surface area contributed by atoms with Crippen LogP contribution in [0.3, 0.4) is 0 Å². The summed E-state index contributed by atoms with van der Waals surface area (Å²) in [5.74, 6) is 0. The number of aliphatic hydroxyl groups excluding tert-OH is 1. The predicted octanol–water partition coefficient (Wildman–Crippen LogP) is 4.20. The predicted molar refractivity (Wildman–Crippen MR) is 67.9 cm³/mol. The van der Waals surface area contributed by atoms with Gasteiger partial charge in [-0.05, 0) is 24.8 Å². The first-order valence-corrected chi connectivity index (χ1v) is 6.74. The Balaban J connectivity index is 2.16. The van der Waals surface area contributed by atoms with Gasteiger partial charge in [0.1, 0.15) is 0 Å². The number of hydrogen-bond acceptors (Lipinski definition) is 1. The zero-order valence-corrected chi connectivity index (χ0v) is 10.8. The molecule has 1 saturated carbocycles. The minimum Gasteiger partial charge on any atom is -0.392 e. The fourth-order valence-corrected chi connectivity index (χ4v) is 3.17. The van der Waals surface area contributed by atoms with Crippen molar-refractivity contribution in [2.24, 2.45) is 0 Å². The summed E-state index contributed by atoms with van der Waals surface area (Å²) in [7, 11) is 0. The highest BCUT2D eigenvalue weighted by molar-refractivity contribution is 5.28. The van der Waals surface area contributed by atoms with Gasteiger partial charge in [0.15, 0.2) is 0 Å². The maximum absolute atomic E-state index is 12.3. The van der Waals surface area contributed by atoms with Crippen LogP contribution < -0.4 is 0 Å². The smallest absolute Gasteiger partial charge is 0.389 e. The Morgan fingerprint density at radius 1 is 1.11 bits per heavy atom. The van der Waals surface area contributed by atoms with E-state index < -0.39 is 24.1 Å². The molecule has 0 bridgehead atoms. The van der Waals surface area contributed by atoms with Crippen LogP contribution in [0.15, 0.2) is 30.3 Å². The van der Waals surface area contributed by atoms with Gasteiger partial charge in [0.2, 0.25) is 0 Å². The van der Waals surface area contributed by atoms with Crippen molar-refractivity contribution < 1.29 is 18.3 Å². The van der Waals surface area contributed by atoms with Crippen LogP contribution in [-0.4, -0.2) is 17.4 Å². The molecule has 1 aromatic rings. The molecule has 1 aromatic carbocycles. The van der Waals surface area contributed by atoms with E-state index in [1.165, 1.54) is 0 Å². The van der Waals surface area contributed by atoms with Crippen LogP contribution in [0.25, 0.3) is 0 Å². The number of hydrogen-bond donors (Lipinski definition) is 1. The molecule has 0 aromatic heterocycles. The molecule has 0 amide bonds. The maximum atomic E-state index is 12.3. The Bertz CT molecular complexity index is 394. The lowest BCUT2D eigenvalue weighted by atomic mass is 9.73. The van der Waals surface area contributed by atoms with Gasteiger partial charge in [0.25, 0.3) is 0 Å². The van der Waals surface area contributed by atoms with Crippen molar-refractivity contribution in [2.75, 3.05) is 0 Å². The van der Waals surface area contributed by atoms with E-state index in [4.69, 9.17) is 0 Å². The summed E-state index contributed by atoms with van der Waals surface area (Å²) >= 11 is 0. The lowest BCUT2D eigenvalue weighted by Gasteiger charge is -2.35. The summed E-state index contributed by atoms with van der Waals surface area (Å²) in [4.78, 5) is 0. The lowest BCUT2D eigenvalue weighted by molar-refractivity contribution is -0.142. The van der Waals surface area contributed by atoms with E-state index >= 15 is 0 Å². The van der Waals surface area contributed by atoms with Crippen molar-refractivity contribution in [3.8, 4) is 0 Å². The van der Waals surface area contributed by atoms with Gasteiger partial charge in [0.05, 0.1) is 6.10 Å². The first kappa shape index (κ1) is 14.4. The second-order valence-electron chi connectivity index (χ2n) is 5.40. The van der Waals surface area contributed by atoms with Crippen LogP contribution in [0.1, 0.15) is 44.1 Å². The molecule has 0 aliphatic heterocycles. The molecule has 0 radical (unpaired) electrons. The number of rotatable bonds is 4. The topological polar surface area (TPSA) is 20.2 Å². The summed E-state index contributed by atoms with van der Waals surface area (Å²) in [6.07, 6.45) is -2.75. The molecule has 0 saturated heterocycles. The van der Waals surface area contributed by atoms with Gasteiger partial charge < -0.3 is 5.11 Å². The molecular weight excluding hydrogens is 253 g/mol. The quantitative estimate of drug-likeness (QED) is 0.870. The normalized spacial score (nSPS) is 20.4. The van der Waals surface area contributed by atoms with Crippen molar-refractivity contribution >= 4 is 0 Å². The van der Waals surface area contributed by atoms with Gasteiger partial charge in [-0.15, -0.1) is 0 Å². The number of aliphatic hydroxyl groups is 1. The van der Waals surface area contributed by atoms with Crippen molar-refractivity contribution in [1.29, 1.82) is 0 Å². The Morgan fingerprint density at radius 2 is 1.68 bits per heavy atom. The third-order valence-electron chi connectivity index (χ3n) is 4.18. The van der Waals surface area contributed by atoms with E-state index in [1.54, 1.807) is 0 Å². The van der Waals surface area contributed by atoms with E-state index in [0.717, 1.165) is 31.2 Å². The van der Waals surface area contributed by atoms with Gasteiger partial charge in [0, 0.05) is 11.8 Å². The molecule has 4 heteroatoms. The molecule has 1 atom stereocenters. The van der Waals surface area contributed by atoms with Crippen LogP contribution in [0.2, 0.25) is 0 Å². The van der Waals surface area contributed by atoms with Crippen molar-refractivity contribution in [2.45, 2.75) is 56.2 Å². The monoisotopic (exact) mass is 272 g/mol. The molecule has 1 nitrogen and oxygen atoms in total. The Labute approximate surface area is 111 Å². The van der Waals surface area contributed by atoms with Gasteiger partial charge in [-0.25, -0.2) is 0 Å². The molecule has 0 spiro atoms. The average molecular weight is 272 g/mol. The Morgan fingerprint density at radius 3 is 2.21 bits per heavy atom. The molecule has 106 valence electrons. The molecule has 0 heterocycles. The van der Waals surface area contributed by atoms with Crippen LogP contribution in [0.5, 0.6) is 0 Å². The van der Waals surface area contributed by atoms with Crippen molar-refractivity contribution in [3.05, 3.63) is 35.9 Å². The van der Waals surface area contributed by atoms with E-state index in [0.29, 0.717) is 0 Å². The first-order chi connectivity index (χ1) is 8.94. The standard InChI is InChI=1S/C15H19F3O/c16-15(17,18)11-8-13(19)14(9-4-5-10-14)12-6-2-1-3-7-12/h1-3,6-7,13,19H,4-5,8-11H2. The van der Waals surface area contributed by atoms with Crippen molar-refractivity contribution in [1.82, 2.24) is 0 Å². The second kappa shape index (κ2) is 5.53. The number of halogens is 3. The third kappa shape index (κ3) is 3.30. The average Bonchev–Trinajstić information content (AvgIpc) is 2.87. The van der Waals surface area contributed by atoms with Gasteiger partial charge >= 0.3 is 6.18 Å². The molecule has 1 unspecified atom stereocenters. The van der Waals surface area contributed by atoms with E-state index in [-0.39, 0.29) is 6.42 Å². The molecule has 1 aliphatic carbocycles. The first-order valence-electron chi connectivity index (χ1n) is 6.74. The highest BCUT2D eigenvalue weighted by Crippen LogP contribution is 2.45. The molecule has 2 rings (SSSR count). The molecule has 19 heavy (non-hydrogen) atoms. The summed E-state index contributed by atoms with van der Waals surface area (Å²) in [5.41, 5.74) is 0.495. The fraction of sp³-hybridized carbons (Fsp3) is 0.600. The lowest BCUT2D eigenvalue weighted by Crippen LogP contribution is -2.37. The molecular formula is C15H19F3O. The Kier molecular flexibility index (Phi) is 4.19. The van der Waals surface area contributed by atoms with Gasteiger partial charge in [-0.2, -0.15) is 13.2 Å². The highest BCUT2D eigenvalue weighted by Gasteiger charge is 2.43.